The average Bonchev–Trinajstić information content (AvgIpc) is 3.17. The molecule has 0 aromatic carbocycles. The van der Waals surface area contributed by atoms with E-state index in [1.165, 1.54) is 44.9 Å². The maximum atomic E-state index is 12.3. The van der Waals surface area contributed by atoms with Crippen molar-refractivity contribution < 1.29 is 9.59 Å². The zero-order valence-electron chi connectivity index (χ0n) is 13.7. The second kappa shape index (κ2) is 7.47. The van der Waals surface area contributed by atoms with Gasteiger partial charge < -0.3 is 10.2 Å². The third-order valence-corrected chi connectivity index (χ3v) is 5.87. The van der Waals surface area contributed by atoms with Crippen molar-refractivity contribution in [1.82, 2.24) is 10.2 Å². The standard InChI is InChI=1S/C18H30N2O2/c21-17-12-15(13-20(17)16-8-4-5-9-16)18(22)19-11-10-14-6-2-1-3-7-14/h14-16H,1-13H2,(H,19,22)/t15-/m1/s1. The zero-order chi connectivity index (χ0) is 15.4. The van der Waals surface area contributed by atoms with E-state index in [0.29, 0.717) is 19.0 Å². The molecule has 3 fully saturated rings. The van der Waals surface area contributed by atoms with E-state index in [4.69, 9.17) is 0 Å². The Kier molecular flexibility index (Phi) is 5.37. The number of hydrogen-bond donors (Lipinski definition) is 1. The highest BCUT2D eigenvalue weighted by Crippen LogP contribution is 2.29. The van der Waals surface area contributed by atoms with Gasteiger partial charge in [0.1, 0.15) is 0 Å². The smallest absolute Gasteiger partial charge is 0.225 e. The van der Waals surface area contributed by atoms with Gasteiger partial charge >= 0.3 is 0 Å². The van der Waals surface area contributed by atoms with Gasteiger partial charge in [-0.05, 0) is 25.2 Å². The van der Waals surface area contributed by atoms with Crippen LogP contribution in [0.15, 0.2) is 0 Å². The minimum atomic E-state index is -0.112. The maximum Gasteiger partial charge on any atom is 0.225 e. The number of nitrogens with one attached hydrogen (secondary N) is 1. The van der Waals surface area contributed by atoms with Gasteiger partial charge in [-0.25, -0.2) is 0 Å². The summed E-state index contributed by atoms with van der Waals surface area (Å²) in [6, 6.07) is 0.410. The molecule has 1 atom stereocenters. The van der Waals surface area contributed by atoms with E-state index in [-0.39, 0.29) is 17.7 Å². The van der Waals surface area contributed by atoms with Gasteiger partial charge in [-0.2, -0.15) is 0 Å². The fourth-order valence-electron chi connectivity index (χ4n) is 4.50. The molecule has 124 valence electrons. The van der Waals surface area contributed by atoms with E-state index in [1.54, 1.807) is 0 Å². The molecule has 0 spiro atoms. The van der Waals surface area contributed by atoms with Gasteiger partial charge in [0, 0.05) is 25.6 Å². The Bertz CT molecular complexity index is 398. The van der Waals surface area contributed by atoms with Crippen LogP contribution in [0.5, 0.6) is 0 Å². The van der Waals surface area contributed by atoms with Gasteiger partial charge in [0.05, 0.1) is 5.92 Å². The quantitative estimate of drug-likeness (QED) is 0.849. The predicted molar refractivity (Wildman–Crippen MR) is 86.3 cm³/mol. The monoisotopic (exact) mass is 306 g/mol. The van der Waals surface area contributed by atoms with Crippen LogP contribution in [-0.4, -0.2) is 35.8 Å². The van der Waals surface area contributed by atoms with Gasteiger partial charge in [-0.15, -0.1) is 0 Å². The van der Waals surface area contributed by atoms with Gasteiger partial charge in [0.25, 0.3) is 0 Å². The summed E-state index contributed by atoms with van der Waals surface area (Å²) in [7, 11) is 0. The first-order valence-electron chi connectivity index (χ1n) is 9.31. The van der Waals surface area contributed by atoms with Crippen LogP contribution in [0, 0.1) is 11.8 Å². The van der Waals surface area contributed by atoms with Crippen molar-refractivity contribution in [2.24, 2.45) is 11.8 Å². The molecule has 1 saturated heterocycles. The maximum absolute atomic E-state index is 12.3. The fourth-order valence-corrected chi connectivity index (χ4v) is 4.50. The molecule has 22 heavy (non-hydrogen) atoms. The van der Waals surface area contributed by atoms with Crippen molar-refractivity contribution in [3.63, 3.8) is 0 Å². The van der Waals surface area contributed by atoms with E-state index < -0.39 is 0 Å². The van der Waals surface area contributed by atoms with E-state index in [1.807, 2.05) is 4.90 Å². The molecule has 0 aromatic rings. The highest BCUT2D eigenvalue weighted by molar-refractivity contribution is 5.89. The molecule has 4 nitrogen and oxygen atoms in total. The third kappa shape index (κ3) is 3.82. The normalized spacial score (nSPS) is 27.5. The number of amides is 2. The molecule has 2 aliphatic carbocycles. The minimum absolute atomic E-state index is 0.102. The van der Waals surface area contributed by atoms with Crippen molar-refractivity contribution in [3.8, 4) is 0 Å². The number of hydrogen-bond acceptors (Lipinski definition) is 2. The average molecular weight is 306 g/mol. The molecule has 0 bridgehead atoms. The molecule has 0 unspecified atom stereocenters. The summed E-state index contributed by atoms with van der Waals surface area (Å²) < 4.78 is 0. The highest BCUT2D eigenvalue weighted by Gasteiger charge is 2.38. The van der Waals surface area contributed by atoms with Crippen LogP contribution in [0.2, 0.25) is 0 Å². The Labute approximate surface area is 134 Å². The summed E-state index contributed by atoms with van der Waals surface area (Å²) in [6.07, 6.45) is 13.0. The van der Waals surface area contributed by atoms with E-state index in [2.05, 4.69) is 5.32 Å². The molecule has 2 amide bonds. The largest absolute Gasteiger partial charge is 0.356 e. The lowest BCUT2D eigenvalue weighted by Crippen LogP contribution is -2.37. The first kappa shape index (κ1) is 15.8. The van der Waals surface area contributed by atoms with Gasteiger partial charge in [0.2, 0.25) is 11.8 Å². The van der Waals surface area contributed by atoms with Crippen LogP contribution in [0.25, 0.3) is 0 Å². The molecule has 4 heteroatoms. The lowest BCUT2D eigenvalue weighted by atomic mass is 9.87. The molecular formula is C18H30N2O2. The Morgan fingerprint density at radius 1 is 1.05 bits per heavy atom. The van der Waals surface area contributed by atoms with E-state index in [9.17, 15) is 9.59 Å². The Hall–Kier alpha value is -1.06. The molecule has 3 rings (SSSR count). The Morgan fingerprint density at radius 3 is 2.45 bits per heavy atom. The second-order valence-electron chi connectivity index (χ2n) is 7.47. The van der Waals surface area contributed by atoms with Crippen LogP contribution in [0.1, 0.15) is 70.6 Å². The summed E-state index contributed by atoms with van der Waals surface area (Å²) >= 11 is 0. The molecule has 0 radical (unpaired) electrons. The lowest BCUT2D eigenvalue weighted by molar-refractivity contribution is -0.130. The van der Waals surface area contributed by atoms with Crippen molar-refractivity contribution in [2.45, 2.75) is 76.7 Å². The van der Waals surface area contributed by atoms with Crippen molar-refractivity contribution >= 4 is 11.8 Å². The van der Waals surface area contributed by atoms with Gasteiger partial charge in [-0.1, -0.05) is 44.9 Å². The van der Waals surface area contributed by atoms with Crippen molar-refractivity contribution in [2.75, 3.05) is 13.1 Å². The van der Waals surface area contributed by atoms with Gasteiger partial charge in [-0.3, -0.25) is 9.59 Å². The lowest BCUT2D eigenvalue weighted by Gasteiger charge is -2.24. The molecule has 1 aliphatic heterocycles. The number of carbonyl (C=O) groups is 2. The molecule has 0 aromatic heterocycles. The van der Waals surface area contributed by atoms with Crippen molar-refractivity contribution in [1.29, 1.82) is 0 Å². The highest BCUT2D eigenvalue weighted by atomic mass is 16.2. The Morgan fingerprint density at radius 2 is 1.73 bits per heavy atom. The molecular weight excluding hydrogens is 276 g/mol. The van der Waals surface area contributed by atoms with Crippen LogP contribution < -0.4 is 5.32 Å². The SMILES string of the molecule is O=C(NCCC1CCCCC1)[C@@H]1CC(=O)N(C2CCCC2)C1. The number of rotatable bonds is 5. The van der Waals surface area contributed by atoms with Crippen LogP contribution in [-0.2, 0) is 9.59 Å². The number of nitrogens with zero attached hydrogens (tertiary/aromatic N) is 1. The molecule has 1 heterocycles. The van der Waals surface area contributed by atoms with Gasteiger partial charge in [0.15, 0.2) is 0 Å². The first-order valence-corrected chi connectivity index (χ1v) is 9.31. The number of carbonyl (C=O) groups excluding carboxylic acids is 2. The topological polar surface area (TPSA) is 49.4 Å². The third-order valence-electron chi connectivity index (χ3n) is 5.87. The van der Waals surface area contributed by atoms with Crippen LogP contribution >= 0.6 is 0 Å². The predicted octanol–water partition coefficient (Wildman–Crippen LogP) is 2.86. The second-order valence-corrected chi connectivity index (χ2v) is 7.47. The van der Waals surface area contributed by atoms with Crippen LogP contribution in [0.4, 0.5) is 0 Å². The summed E-state index contributed by atoms with van der Waals surface area (Å²) in [4.78, 5) is 26.4. The number of likely N-dealkylation sites (tertiary alicyclic amines) is 1. The summed E-state index contributed by atoms with van der Waals surface area (Å²) in [6.45, 7) is 1.44. The summed E-state index contributed by atoms with van der Waals surface area (Å²) in [5, 5.41) is 3.09. The molecule has 2 saturated carbocycles. The first-order chi connectivity index (χ1) is 10.7. The minimum Gasteiger partial charge on any atom is -0.356 e. The zero-order valence-corrected chi connectivity index (χ0v) is 13.7. The molecule has 3 aliphatic rings. The van der Waals surface area contributed by atoms with Crippen molar-refractivity contribution in [3.05, 3.63) is 0 Å². The summed E-state index contributed by atoms with van der Waals surface area (Å²) in [5.74, 6) is 0.984. The van der Waals surface area contributed by atoms with Crippen LogP contribution in [0.3, 0.4) is 0 Å². The summed E-state index contributed by atoms with van der Waals surface area (Å²) in [5.41, 5.74) is 0. The van der Waals surface area contributed by atoms with E-state index in [0.717, 1.165) is 31.7 Å². The fraction of sp³-hybridized carbons (Fsp3) is 0.889. The van der Waals surface area contributed by atoms with E-state index >= 15 is 0 Å². The molecule has 1 N–H and O–H groups in total. The Balaban J connectivity index is 1.39.